The monoisotopic (exact) mass is 372 g/mol. The van der Waals surface area contributed by atoms with Crippen molar-refractivity contribution in [3.8, 4) is 0 Å². The predicted molar refractivity (Wildman–Crippen MR) is 98.1 cm³/mol. The van der Waals surface area contributed by atoms with Gasteiger partial charge in [0.25, 0.3) is 0 Å². The van der Waals surface area contributed by atoms with Gasteiger partial charge >= 0.3 is 11.7 Å². The number of rotatable bonds is 7. The van der Waals surface area contributed by atoms with Crippen molar-refractivity contribution in [3.05, 3.63) is 40.6 Å². The number of nitrogen functional groups attached to an aromatic ring is 1. The van der Waals surface area contributed by atoms with Crippen LogP contribution >= 0.6 is 0 Å². The summed E-state index contributed by atoms with van der Waals surface area (Å²) in [5, 5.41) is 0. The van der Waals surface area contributed by atoms with Gasteiger partial charge in [0.05, 0.1) is 5.52 Å². The Morgan fingerprint density at radius 2 is 2.04 bits per heavy atom. The van der Waals surface area contributed by atoms with Crippen LogP contribution in [0, 0.1) is 0 Å². The standard InChI is InChI=1S/C17H20N6O4/c1-22(2)16-20-13(19-15(18)21-16)10-26-14(24)8-5-9-23-11-6-3-4-7-12(11)27-17(23)25/h3-4,6-7H,5,8-10H2,1-2H3,(H2,18,19,20,21). The fraction of sp³-hybridized carbons (Fsp3) is 0.353. The third kappa shape index (κ3) is 4.40. The van der Waals surface area contributed by atoms with E-state index in [1.54, 1.807) is 37.2 Å². The van der Waals surface area contributed by atoms with E-state index in [1.807, 2.05) is 6.07 Å². The Hall–Kier alpha value is -3.43. The number of aryl methyl sites for hydroxylation is 1. The van der Waals surface area contributed by atoms with Crippen LogP contribution in [-0.4, -0.2) is 39.6 Å². The second kappa shape index (κ2) is 7.85. The van der Waals surface area contributed by atoms with Crippen molar-refractivity contribution >= 4 is 29.0 Å². The number of nitrogens with two attached hydrogens (primary N) is 1. The van der Waals surface area contributed by atoms with Crippen LogP contribution < -0.4 is 16.4 Å². The number of anilines is 2. The van der Waals surface area contributed by atoms with Crippen molar-refractivity contribution in [2.45, 2.75) is 26.0 Å². The second-order valence-electron chi connectivity index (χ2n) is 6.06. The maximum absolute atomic E-state index is 12.0. The minimum absolute atomic E-state index is 0.0611. The number of esters is 1. The minimum Gasteiger partial charge on any atom is -0.457 e. The van der Waals surface area contributed by atoms with Crippen molar-refractivity contribution in [2.24, 2.45) is 0 Å². The zero-order valence-electron chi connectivity index (χ0n) is 15.1. The summed E-state index contributed by atoms with van der Waals surface area (Å²) in [7, 11) is 3.54. The highest BCUT2D eigenvalue weighted by molar-refractivity contribution is 5.72. The molecular formula is C17H20N6O4. The topological polar surface area (TPSA) is 129 Å². The van der Waals surface area contributed by atoms with E-state index in [2.05, 4.69) is 15.0 Å². The predicted octanol–water partition coefficient (Wildman–Crippen LogP) is 0.951. The number of hydrogen-bond donors (Lipinski definition) is 1. The van der Waals surface area contributed by atoms with E-state index < -0.39 is 11.7 Å². The molecule has 3 aromatic rings. The number of carbonyl (C=O) groups is 1. The van der Waals surface area contributed by atoms with E-state index in [0.29, 0.717) is 30.0 Å². The Morgan fingerprint density at radius 3 is 2.81 bits per heavy atom. The molecule has 1 aromatic carbocycles. The molecular weight excluding hydrogens is 352 g/mol. The van der Waals surface area contributed by atoms with Crippen LogP contribution in [0.2, 0.25) is 0 Å². The second-order valence-corrected chi connectivity index (χ2v) is 6.06. The Morgan fingerprint density at radius 1 is 1.26 bits per heavy atom. The first-order valence-electron chi connectivity index (χ1n) is 8.36. The Bertz CT molecular complexity index is 1010. The fourth-order valence-electron chi connectivity index (χ4n) is 2.51. The van der Waals surface area contributed by atoms with Gasteiger partial charge in [-0.1, -0.05) is 12.1 Å². The van der Waals surface area contributed by atoms with Crippen LogP contribution in [0.4, 0.5) is 11.9 Å². The van der Waals surface area contributed by atoms with Crippen LogP contribution in [0.25, 0.3) is 11.1 Å². The normalized spacial score (nSPS) is 10.9. The van der Waals surface area contributed by atoms with Gasteiger partial charge in [-0.05, 0) is 18.6 Å². The van der Waals surface area contributed by atoms with Gasteiger partial charge in [-0.3, -0.25) is 9.36 Å². The zero-order chi connectivity index (χ0) is 19.4. The molecule has 0 saturated heterocycles. The number of benzene rings is 1. The number of nitrogens with zero attached hydrogens (tertiary/aromatic N) is 5. The molecule has 0 atom stereocenters. The quantitative estimate of drug-likeness (QED) is 0.602. The van der Waals surface area contributed by atoms with Crippen molar-refractivity contribution in [2.75, 3.05) is 24.7 Å². The average Bonchev–Trinajstić information content (AvgIpc) is 2.95. The molecule has 3 rings (SSSR count). The zero-order valence-corrected chi connectivity index (χ0v) is 15.1. The number of oxazole rings is 1. The molecule has 0 saturated carbocycles. The van der Waals surface area contributed by atoms with Crippen LogP contribution in [0.15, 0.2) is 33.5 Å². The summed E-state index contributed by atoms with van der Waals surface area (Å²) < 4.78 is 11.8. The number of ether oxygens (including phenoxy) is 1. The lowest BCUT2D eigenvalue weighted by Crippen LogP contribution is -2.17. The largest absolute Gasteiger partial charge is 0.457 e. The molecule has 2 N–H and O–H groups in total. The number of para-hydroxylation sites is 2. The number of fused-ring (bicyclic) bond motifs is 1. The maximum atomic E-state index is 12.0. The Labute approximate surface area is 154 Å². The van der Waals surface area contributed by atoms with Gasteiger partial charge < -0.3 is 19.8 Å². The van der Waals surface area contributed by atoms with Gasteiger partial charge in [0, 0.05) is 27.1 Å². The number of aromatic nitrogens is 4. The first-order valence-corrected chi connectivity index (χ1v) is 8.36. The van der Waals surface area contributed by atoms with Crippen LogP contribution in [-0.2, 0) is 22.7 Å². The summed E-state index contributed by atoms with van der Waals surface area (Å²) in [6.07, 6.45) is 0.581. The first-order chi connectivity index (χ1) is 12.9. The van der Waals surface area contributed by atoms with E-state index in [1.165, 1.54) is 4.57 Å². The van der Waals surface area contributed by atoms with Crippen molar-refractivity contribution in [1.29, 1.82) is 0 Å². The van der Waals surface area contributed by atoms with Gasteiger partial charge in [-0.25, -0.2) is 4.79 Å². The highest BCUT2D eigenvalue weighted by atomic mass is 16.5. The summed E-state index contributed by atoms with van der Waals surface area (Å²) in [6.45, 7) is 0.259. The molecule has 2 aromatic heterocycles. The Kier molecular flexibility index (Phi) is 5.34. The lowest BCUT2D eigenvalue weighted by molar-refractivity contribution is -0.145. The van der Waals surface area contributed by atoms with Gasteiger partial charge in [-0.15, -0.1) is 0 Å². The van der Waals surface area contributed by atoms with Crippen LogP contribution in [0.3, 0.4) is 0 Å². The molecule has 2 heterocycles. The van der Waals surface area contributed by atoms with E-state index in [9.17, 15) is 9.59 Å². The van der Waals surface area contributed by atoms with Gasteiger partial charge in [0.2, 0.25) is 11.9 Å². The molecule has 0 aliphatic carbocycles. The van der Waals surface area contributed by atoms with Gasteiger partial charge in [-0.2, -0.15) is 15.0 Å². The Balaban J connectivity index is 1.53. The third-order valence-electron chi connectivity index (χ3n) is 3.79. The summed E-state index contributed by atoms with van der Waals surface area (Å²) in [5.74, 6) is -0.134. The van der Waals surface area contributed by atoms with E-state index >= 15 is 0 Å². The summed E-state index contributed by atoms with van der Waals surface area (Å²) in [5.41, 5.74) is 6.85. The maximum Gasteiger partial charge on any atom is 0.419 e. The van der Waals surface area contributed by atoms with E-state index in [0.717, 1.165) is 0 Å². The molecule has 142 valence electrons. The molecule has 0 aliphatic rings. The molecule has 0 spiro atoms. The van der Waals surface area contributed by atoms with Crippen molar-refractivity contribution < 1.29 is 13.9 Å². The highest BCUT2D eigenvalue weighted by Crippen LogP contribution is 2.13. The molecule has 0 unspecified atom stereocenters. The summed E-state index contributed by atoms with van der Waals surface area (Å²) >= 11 is 0. The lowest BCUT2D eigenvalue weighted by atomic mass is 10.3. The number of carbonyl (C=O) groups excluding carboxylic acids is 1. The van der Waals surface area contributed by atoms with Crippen LogP contribution in [0.1, 0.15) is 18.7 Å². The molecule has 27 heavy (non-hydrogen) atoms. The molecule has 0 radical (unpaired) electrons. The SMILES string of the molecule is CN(C)c1nc(N)nc(COC(=O)CCCn2c(=O)oc3ccccc32)n1. The molecule has 0 bridgehead atoms. The number of hydrogen-bond acceptors (Lipinski definition) is 9. The van der Waals surface area contributed by atoms with Gasteiger partial charge in [0.15, 0.2) is 18.0 Å². The first kappa shape index (κ1) is 18.4. The van der Waals surface area contributed by atoms with Crippen molar-refractivity contribution in [3.63, 3.8) is 0 Å². The van der Waals surface area contributed by atoms with Crippen LogP contribution in [0.5, 0.6) is 0 Å². The highest BCUT2D eigenvalue weighted by Gasteiger charge is 2.11. The average molecular weight is 372 g/mol. The smallest absolute Gasteiger partial charge is 0.419 e. The molecule has 0 aliphatic heterocycles. The fourth-order valence-corrected chi connectivity index (χ4v) is 2.51. The van der Waals surface area contributed by atoms with E-state index in [4.69, 9.17) is 14.9 Å². The summed E-state index contributed by atoms with van der Waals surface area (Å²) in [4.78, 5) is 37.6. The van der Waals surface area contributed by atoms with E-state index in [-0.39, 0.29) is 24.8 Å². The third-order valence-corrected chi connectivity index (χ3v) is 3.79. The van der Waals surface area contributed by atoms with Gasteiger partial charge in [0.1, 0.15) is 0 Å². The minimum atomic E-state index is -0.443. The molecule has 0 amide bonds. The molecule has 10 nitrogen and oxygen atoms in total. The molecule has 0 fully saturated rings. The lowest BCUT2D eigenvalue weighted by Gasteiger charge is -2.11. The molecule has 10 heteroatoms. The van der Waals surface area contributed by atoms with Crippen molar-refractivity contribution in [1.82, 2.24) is 19.5 Å². The summed E-state index contributed by atoms with van der Waals surface area (Å²) in [6, 6.07) is 7.14.